The molecule has 9 heteroatoms. The van der Waals surface area contributed by atoms with Crippen molar-refractivity contribution in [2.24, 2.45) is 0 Å². The van der Waals surface area contributed by atoms with Gasteiger partial charge in [-0.2, -0.15) is 0 Å². The largest absolute Gasteiger partial charge is 0.490 e. The number of aliphatic hydroxyl groups excluding tert-OH is 1. The highest BCUT2D eigenvalue weighted by Crippen LogP contribution is 2.33. The Bertz CT molecular complexity index is 1310. The van der Waals surface area contributed by atoms with Gasteiger partial charge in [0.25, 0.3) is 0 Å². The molecule has 2 aromatic heterocycles. The molecule has 0 amide bonds. The van der Waals surface area contributed by atoms with E-state index in [0.717, 1.165) is 52.8 Å². The maximum atomic E-state index is 9.41. The number of aliphatic hydroxyl groups is 1. The fourth-order valence-electron chi connectivity index (χ4n) is 4.41. The van der Waals surface area contributed by atoms with Gasteiger partial charge in [-0.15, -0.1) is 0 Å². The second kappa shape index (κ2) is 8.85. The molecule has 1 saturated heterocycles. The molecule has 3 N–H and O–H groups in total. The summed E-state index contributed by atoms with van der Waals surface area (Å²) in [5, 5.41) is 16.2. The summed E-state index contributed by atoms with van der Waals surface area (Å²) in [7, 11) is 0. The molecule has 174 valence electrons. The number of aromatic nitrogens is 3. The minimum atomic E-state index is -0.141. The van der Waals surface area contributed by atoms with Gasteiger partial charge in [0.05, 0.1) is 30.7 Å². The number of morpholine rings is 1. The van der Waals surface area contributed by atoms with Gasteiger partial charge in [-0.25, -0.2) is 9.97 Å². The molecular weight excluding hydrogens is 432 g/mol. The average Bonchev–Trinajstić information content (AvgIpc) is 3.38. The van der Waals surface area contributed by atoms with Crippen LogP contribution < -0.4 is 20.3 Å². The van der Waals surface area contributed by atoms with E-state index in [1.807, 2.05) is 41.1 Å². The van der Waals surface area contributed by atoms with Crippen LogP contribution in [0.25, 0.3) is 16.9 Å². The van der Waals surface area contributed by atoms with E-state index in [1.165, 1.54) is 0 Å². The number of rotatable bonds is 5. The fraction of sp³-hybridized carbons (Fsp3) is 0.280. The van der Waals surface area contributed by atoms with Gasteiger partial charge in [-0.1, -0.05) is 0 Å². The number of anilines is 4. The van der Waals surface area contributed by atoms with Crippen molar-refractivity contribution >= 4 is 28.5 Å². The van der Waals surface area contributed by atoms with Crippen LogP contribution in [0.15, 0.2) is 61.1 Å². The summed E-state index contributed by atoms with van der Waals surface area (Å²) in [5.74, 6) is 1.55. The Kier molecular flexibility index (Phi) is 5.40. The van der Waals surface area contributed by atoms with Crippen LogP contribution in [0.1, 0.15) is 0 Å². The number of ether oxygens (including phenoxy) is 2. The van der Waals surface area contributed by atoms with Crippen molar-refractivity contribution in [1.82, 2.24) is 14.4 Å². The second-order valence-corrected chi connectivity index (χ2v) is 8.41. The molecule has 2 aliphatic rings. The van der Waals surface area contributed by atoms with E-state index in [4.69, 9.17) is 14.5 Å². The van der Waals surface area contributed by atoms with Crippen molar-refractivity contribution in [1.29, 1.82) is 0 Å². The predicted molar refractivity (Wildman–Crippen MR) is 131 cm³/mol. The number of nitrogens with one attached hydrogen (secondary N) is 2. The molecule has 6 rings (SSSR count). The highest BCUT2D eigenvalue weighted by atomic mass is 16.5. The molecule has 0 aliphatic carbocycles. The average molecular weight is 459 g/mol. The first-order valence-electron chi connectivity index (χ1n) is 11.5. The quantitative estimate of drug-likeness (QED) is 0.420. The van der Waals surface area contributed by atoms with Crippen molar-refractivity contribution in [3.8, 4) is 17.0 Å². The summed E-state index contributed by atoms with van der Waals surface area (Å²) in [5.41, 5.74) is 5.59. The van der Waals surface area contributed by atoms with Crippen molar-refractivity contribution in [3.05, 3.63) is 61.1 Å². The first kappa shape index (κ1) is 20.8. The van der Waals surface area contributed by atoms with Gasteiger partial charge in [0.1, 0.15) is 12.4 Å². The van der Waals surface area contributed by atoms with E-state index in [1.54, 1.807) is 6.20 Å². The Morgan fingerprint density at radius 2 is 2.06 bits per heavy atom. The molecule has 4 heterocycles. The maximum absolute atomic E-state index is 9.41. The summed E-state index contributed by atoms with van der Waals surface area (Å²) in [6.45, 7) is 3.60. The van der Waals surface area contributed by atoms with E-state index in [-0.39, 0.29) is 12.7 Å². The molecule has 34 heavy (non-hydrogen) atoms. The summed E-state index contributed by atoms with van der Waals surface area (Å²) in [6.07, 6.45) is 5.54. The van der Waals surface area contributed by atoms with Crippen LogP contribution in [0.4, 0.5) is 22.9 Å². The van der Waals surface area contributed by atoms with Gasteiger partial charge in [-0.3, -0.25) is 0 Å². The Morgan fingerprint density at radius 3 is 2.94 bits per heavy atom. The van der Waals surface area contributed by atoms with Crippen LogP contribution in [-0.4, -0.2) is 65.0 Å². The first-order chi connectivity index (χ1) is 16.8. The molecule has 0 radical (unpaired) electrons. The van der Waals surface area contributed by atoms with Crippen molar-refractivity contribution in [3.63, 3.8) is 0 Å². The molecule has 1 fully saturated rings. The number of fused-ring (bicyclic) bond motifs is 2. The minimum absolute atomic E-state index is 0.0335. The smallest absolute Gasteiger partial charge is 0.180 e. The lowest BCUT2D eigenvalue weighted by atomic mass is 10.1. The predicted octanol–water partition coefficient (Wildman–Crippen LogP) is 3.14. The first-order valence-corrected chi connectivity index (χ1v) is 11.5. The summed E-state index contributed by atoms with van der Waals surface area (Å²) in [4.78, 5) is 11.6. The molecule has 0 spiro atoms. The summed E-state index contributed by atoms with van der Waals surface area (Å²) < 4.78 is 13.2. The molecule has 0 saturated carbocycles. The molecule has 4 aromatic rings. The molecule has 0 unspecified atom stereocenters. The third-order valence-electron chi connectivity index (χ3n) is 6.16. The Labute approximate surface area is 197 Å². The minimum Gasteiger partial charge on any atom is -0.490 e. The van der Waals surface area contributed by atoms with E-state index in [9.17, 15) is 5.11 Å². The van der Waals surface area contributed by atoms with Crippen molar-refractivity contribution < 1.29 is 14.6 Å². The number of hydrogen-bond acceptors (Lipinski definition) is 8. The molecule has 9 nitrogen and oxygen atoms in total. The highest BCUT2D eigenvalue weighted by Gasteiger charge is 2.20. The van der Waals surface area contributed by atoms with Gasteiger partial charge in [-0.05, 0) is 42.5 Å². The van der Waals surface area contributed by atoms with Gasteiger partial charge in [0.2, 0.25) is 0 Å². The second-order valence-electron chi connectivity index (χ2n) is 8.41. The normalized spacial score (nSPS) is 17.7. The lowest BCUT2D eigenvalue weighted by molar-refractivity contribution is 0.00357. The Balaban J connectivity index is 1.28. The Hall–Kier alpha value is -3.82. The SMILES string of the molecule is OC[C@@H]1CN(c2ccc(Nc3nc(-c4ccc5c(c4)NCCO5)cn4ccnc34)cc2)CCO1. The third kappa shape index (κ3) is 4.00. The standard InChI is InChI=1S/C25H26N6O3/c32-16-20-14-30(10-12-33-20)19-4-2-18(3-5-19)28-24-25-27-7-9-31(25)15-22(29-24)17-1-6-23-21(13-17)26-8-11-34-23/h1-7,9,13,15,20,26,32H,8,10-12,14,16H2,(H,28,29)/t20-/m0/s1. The molecular formula is C25H26N6O3. The van der Waals surface area contributed by atoms with E-state index in [0.29, 0.717) is 25.6 Å². The fourth-order valence-corrected chi connectivity index (χ4v) is 4.41. The number of imidazole rings is 1. The van der Waals surface area contributed by atoms with Crippen LogP contribution in [0.5, 0.6) is 5.75 Å². The monoisotopic (exact) mass is 458 g/mol. The van der Waals surface area contributed by atoms with Crippen LogP contribution in [0, 0.1) is 0 Å². The van der Waals surface area contributed by atoms with Crippen LogP contribution in [0.3, 0.4) is 0 Å². The zero-order valence-electron chi connectivity index (χ0n) is 18.6. The highest BCUT2D eigenvalue weighted by molar-refractivity contribution is 5.76. The molecule has 0 bridgehead atoms. The van der Waals surface area contributed by atoms with E-state index < -0.39 is 0 Å². The van der Waals surface area contributed by atoms with E-state index >= 15 is 0 Å². The Morgan fingerprint density at radius 1 is 1.15 bits per heavy atom. The third-order valence-corrected chi connectivity index (χ3v) is 6.16. The number of nitrogens with zero attached hydrogens (tertiary/aromatic N) is 4. The number of benzene rings is 2. The summed E-state index contributed by atoms with van der Waals surface area (Å²) >= 11 is 0. The zero-order valence-corrected chi connectivity index (χ0v) is 18.6. The van der Waals surface area contributed by atoms with Crippen molar-refractivity contribution in [2.45, 2.75) is 6.10 Å². The van der Waals surface area contributed by atoms with Crippen LogP contribution in [-0.2, 0) is 4.74 Å². The lowest BCUT2D eigenvalue weighted by Crippen LogP contribution is -2.44. The molecule has 2 aliphatic heterocycles. The number of hydrogen-bond donors (Lipinski definition) is 3. The molecule has 2 aromatic carbocycles. The van der Waals surface area contributed by atoms with Gasteiger partial charge >= 0.3 is 0 Å². The van der Waals surface area contributed by atoms with Crippen molar-refractivity contribution in [2.75, 3.05) is 55.0 Å². The summed E-state index contributed by atoms with van der Waals surface area (Å²) in [6, 6.07) is 14.3. The van der Waals surface area contributed by atoms with Gasteiger partial charge in [0.15, 0.2) is 11.5 Å². The lowest BCUT2D eigenvalue weighted by Gasteiger charge is -2.33. The van der Waals surface area contributed by atoms with Crippen LogP contribution >= 0.6 is 0 Å². The maximum Gasteiger partial charge on any atom is 0.180 e. The van der Waals surface area contributed by atoms with Gasteiger partial charge < -0.3 is 34.5 Å². The van der Waals surface area contributed by atoms with E-state index in [2.05, 4.69) is 38.7 Å². The zero-order chi connectivity index (χ0) is 22.9. The molecule has 1 atom stereocenters. The van der Waals surface area contributed by atoms with Gasteiger partial charge in [0, 0.05) is 55.2 Å². The van der Waals surface area contributed by atoms with Crippen LogP contribution in [0.2, 0.25) is 0 Å². The topological polar surface area (TPSA) is 96.2 Å².